The molecule has 1 saturated heterocycles. The number of benzene rings is 1. The first-order chi connectivity index (χ1) is 21.7. The summed E-state index contributed by atoms with van der Waals surface area (Å²) in [5.74, 6) is 0.611. The molecule has 0 radical (unpaired) electrons. The molecule has 0 aromatic heterocycles. The van der Waals surface area contributed by atoms with Gasteiger partial charge in [-0.25, -0.2) is 18.2 Å². The number of sulfonamides is 1. The van der Waals surface area contributed by atoms with Crippen LogP contribution in [-0.2, 0) is 19.6 Å². The minimum Gasteiger partial charge on any atom is -0.444 e. The van der Waals surface area contributed by atoms with Crippen LogP contribution < -0.4 is 16.4 Å². The third-order valence-electron chi connectivity index (χ3n) is 8.06. The maximum Gasteiger partial charge on any atom is 0.407 e. The van der Waals surface area contributed by atoms with Crippen molar-refractivity contribution in [1.29, 1.82) is 0 Å². The zero-order valence-electron chi connectivity index (χ0n) is 28.1. The van der Waals surface area contributed by atoms with Gasteiger partial charge in [0.2, 0.25) is 15.9 Å². The Balaban J connectivity index is 1.49. The third kappa shape index (κ3) is 9.07. The zero-order chi connectivity index (χ0) is 33.6. The lowest BCUT2D eigenvalue weighted by atomic mass is 9.90. The Morgan fingerprint density at radius 3 is 2.59 bits per heavy atom. The monoisotopic (exact) mass is 654 g/mol. The van der Waals surface area contributed by atoms with Gasteiger partial charge in [-0.2, -0.15) is 4.31 Å². The summed E-state index contributed by atoms with van der Waals surface area (Å²) < 4.78 is 33.7. The van der Waals surface area contributed by atoms with Crippen molar-refractivity contribution in [3.8, 4) is 0 Å². The number of aliphatic imine (C=N–C) groups is 1. The van der Waals surface area contributed by atoms with Crippen molar-refractivity contribution in [3.05, 3.63) is 52.0 Å². The number of nitrogens with zero attached hydrogens (tertiary/aromatic N) is 3. The van der Waals surface area contributed by atoms with E-state index in [1.165, 1.54) is 0 Å². The van der Waals surface area contributed by atoms with Crippen LogP contribution in [-0.4, -0.2) is 87.4 Å². The number of amidine groups is 1. The van der Waals surface area contributed by atoms with Crippen molar-refractivity contribution in [2.24, 2.45) is 22.6 Å². The lowest BCUT2D eigenvalue weighted by Crippen LogP contribution is -2.53. The number of hydrogen-bond donors (Lipinski definition) is 3. The van der Waals surface area contributed by atoms with Gasteiger partial charge >= 0.3 is 6.09 Å². The largest absolute Gasteiger partial charge is 0.444 e. The van der Waals surface area contributed by atoms with E-state index >= 15 is 0 Å². The van der Waals surface area contributed by atoms with Crippen LogP contribution in [0.5, 0.6) is 0 Å². The average molecular weight is 655 g/mol. The maximum absolute atomic E-state index is 13.7. The van der Waals surface area contributed by atoms with Crippen molar-refractivity contribution in [2.75, 3.05) is 46.3 Å². The minimum atomic E-state index is -3.57. The van der Waals surface area contributed by atoms with E-state index in [1.54, 1.807) is 15.3 Å². The summed E-state index contributed by atoms with van der Waals surface area (Å²) in [6, 6.07) is 5.81. The summed E-state index contributed by atoms with van der Waals surface area (Å²) in [7, 11) is -1.69. The van der Waals surface area contributed by atoms with Crippen LogP contribution in [0, 0.1) is 11.8 Å². The standard InChI is InChI=1S/C34H50N6O5S/c1-7-12-39(13-8-11-37-33(42)45-34(3,4)5)32(41)28-16-26-10-9-25(18-30(26)38-31(35)19-28)27-14-23(2)15-29(17-27)46(43,44)40-21-24(22-40)20-36-6/h9-10,15-18,23-24,36H,7-8,11-14,19-22H2,1-6H3,(H2,35,38)(H,37,42). The van der Waals surface area contributed by atoms with E-state index < -0.39 is 21.7 Å². The molecule has 1 atom stereocenters. The number of nitrogens with one attached hydrogen (secondary N) is 2. The molecule has 0 spiro atoms. The van der Waals surface area contributed by atoms with Gasteiger partial charge in [0, 0.05) is 56.8 Å². The third-order valence-corrected chi connectivity index (χ3v) is 9.88. The number of rotatable bonds is 12. The summed E-state index contributed by atoms with van der Waals surface area (Å²) in [6.07, 6.45) is 7.30. The van der Waals surface area contributed by atoms with Crippen molar-refractivity contribution in [1.82, 2.24) is 19.8 Å². The zero-order valence-corrected chi connectivity index (χ0v) is 28.9. The highest BCUT2D eigenvalue weighted by Gasteiger charge is 2.37. The Labute approximate surface area is 274 Å². The molecule has 1 aromatic carbocycles. The smallest absolute Gasteiger partial charge is 0.407 e. The topological polar surface area (TPSA) is 146 Å². The number of nitrogens with two attached hydrogens (primary N) is 1. The Hall–Kier alpha value is -3.48. The van der Waals surface area contributed by atoms with Gasteiger partial charge < -0.3 is 26.0 Å². The predicted octanol–water partition coefficient (Wildman–Crippen LogP) is 4.40. The SMILES string of the molecule is CCCN(CCCNC(=O)OC(C)(C)C)C(=O)C1=Cc2ccc(C3=CC(S(=O)(=O)N4CC(CNC)C4)=CC(C)C3)cc2N=C(N)C1. The van der Waals surface area contributed by atoms with Gasteiger partial charge in [-0.3, -0.25) is 4.79 Å². The van der Waals surface area contributed by atoms with Gasteiger partial charge in [-0.1, -0.05) is 32.1 Å². The molecule has 2 heterocycles. The summed E-state index contributed by atoms with van der Waals surface area (Å²) >= 11 is 0. The maximum atomic E-state index is 13.7. The molecule has 0 saturated carbocycles. The lowest BCUT2D eigenvalue weighted by Gasteiger charge is -2.38. The average Bonchev–Trinajstić information content (AvgIpc) is 3.12. The van der Waals surface area contributed by atoms with E-state index in [9.17, 15) is 18.0 Å². The fourth-order valence-corrected chi connectivity index (χ4v) is 7.71. The van der Waals surface area contributed by atoms with Crippen LogP contribution in [0.25, 0.3) is 11.6 Å². The molecular formula is C34H50N6O5S. The van der Waals surface area contributed by atoms with Crippen LogP contribution >= 0.6 is 0 Å². The van der Waals surface area contributed by atoms with E-state index in [0.717, 1.165) is 29.7 Å². The molecule has 1 unspecified atom stereocenters. The molecule has 12 heteroatoms. The summed E-state index contributed by atoms with van der Waals surface area (Å²) in [6.45, 7) is 12.8. The molecule has 1 fully saturated rings. The Kier molecular flexibility index (Phi) is 11.5. The Bertz CT molecular complexity index is 1530. The van der Waals surface area contributed by atoms with E-state index in [-0.39, 0.29) is 18.2 Å². The lowest BCUT2D eigenvalue weighted by molar-refractivity contribution is -0.127. The van der Waals surface area contributed by atoms with Gasteiger partial charge in [0.15, 0.2) is 0 Å². The van der Waals surface area contributed by atoms with Crippen LogP contribution in [0.4, 0.5) is 10.5 Å². The van der Waals surface area contributed by atoms with Crippen LogP contribution in [0.1, 0.15) is 71.4 Å². The highest BCUT2D eigenvalue weighted by Crippen LogP contribution is 2.37. The second kappa shape index (κ2) is 15.0. The molecule has 4 N–H and O–H groups in total. The van der Waals surface area contributed by atoms with E-state index in [1.807, 2.05) is 72.0 Å². The Morgan fingerprint density at radius 1 is 1.17 bits per heavy atom. The summed E-state index contributed by atoms with van der Waals surface area (Å²) in [4.78, 5) is 32.5. The van der Waals surface area contributed by atoms with Crippen LogP contribution in [0.2, 0.25) is 0 Å². The Morgan fingerprint density at radius 2 is 1.91 bits per heavy atom. The second-order valence-electron chi connectivity index (χ2n) is 13.5. The van der Waals surface area contributed by atoms with Gasteiger partial charge in [0.1, 0.15) is 11.4 Å². The van der Waals surface area contributed by atoms with E-state index in [4.69, 9.17) is 10.5 Å². The van der Waals surface area contributed by atoms with E-state index in [2.05, 4.69) is 15.6 Å². The molecule has 2 aliphatic heterocycles. The fraction of sp³-hybridized carbons (Fsp3) is 0.559. The minimum absolute atomic E-state index is 0.0551. The highest BCUT2D eigenvalue weighted by molar-refractivity contribution is 7.93. The van der Waals surface area contributed by atoms with Gasteiger partial charge in [0.25, 0.3) is 0 Å². The molecule has 2 amide bonds. The molecule has 252 valence electrons. The summed E-state index contributed by atoms with van der Waals surface area (Å²) in [5.41, 5.74) is 9.55. The number of carbonyl (C=O) groups excluding carboxylic acids is 2. The van der Waals surface area contributed by atoms with Gasteiger partial charge in [-0.15, -0.1) is 0 Å². The van der Waals surface area contributed by atoms with E-state index in [0.29, 0.717) is 73.5 Å². The molecule has 11 nitrogen and oxygen atoms in total. The fourth-order valence-electron chi connectivity index (χ4n) is 5.90. The van der Waals surface area contributed by atoms with Crippen LogP contribution in [0.15, 0.2) is 45.8 Å². The molecule has 46 heavy (non-hydrogen) atoms. The molecular weight excluding hydrogens is 604 g/mol. The number of allylic oxidation sites excluding steroid dienone is 3. The molecule has 3 aliphatic rings. The number of amides is 2. The predicted molar refractivity (Wildman–Crippen MR) is 184 cm³/mol. The van der Waals surface area contributed by atoms with Crippen molar-refractivity contribution < 1.29 is 22.7 Å². The van der Waals surface area contributed by atoms with Gasteiger partial charge in [0.05, 0.1) is 10.6 Å². The summed E-state index contributed by atoms with van der Waals surface area (Å²) in [5, 5.41) is 5.87. The molecule has 0 bridgehead atoms. The van der Waals surface area contributed by atoms with Gasteiger partial charge in [-0.05, 0) is 88.3 Å². The number of hydrogen-bond acceptors (Lipinski definition) is 8. The number of carbonyl (C=O) groups is 2. The number of alkyl carbamates (subject to hydrolysis) is 1. The van der Waals surface area contributed by atoms with Crippen molar-refractivity contribution in [3.63, 3.8) is 0 Å². The molecule has 1 aliphatic carbocycles. The first kappa shape index (κ1) is 35.4. The second-order valence-corrected chi connectivity index (χ2v) is 15.4. The highest BCUT2D eigenvalue weighted by atomic mass is 32.2. The van der Waals surface area contributed by atoms with Crippen molar-refractivity contribution in [2.45, 2.75) is 65.9 Å². The first-order valence-electron chi connectivity index (χ1n) is 16.2. The quantitative estimate of drug-likeness (QED) is 0.283. The number of fused-ring (bicyclic) bond motifs is 1. The normalized spacial score (nSPS) is 19.0. The van der Waals surface area contributed by atoms with Crippen LogP contribution in [0.3, 0.4) is 0 Å². The molecule has 4 rings (SSSR count). The first-order valence-corrected chi connectivity index (χ1v) is 17.7. The molecule has 1 aromatic rings. The number of ether oxygens (including phenoxy) is 1. The van der Waals surface area contributed by atoms with Crippen molar-refractivity contribution >= 4 is 45.2 Å².